The fourth-order valence-electron chi connectivity index (χ4n) is 2.58. The van der Waals surface area contributed by atoms with Gasteiger partial charge in [0.25, 0.3) is 5.91 Å². The Labute approximate surface area is 166 Å². The molecule has 3 rings (SSSR count). The molecule has 28 heavy (non-hydrogen) atoms. The van der Waals surface area contributed by atoms with Crippen LogP contribution in [0.2, 0.25) is 5.02 Å². The number of ketones is 1. The van der Waals surface area contributed by atoms with E-state index < -0.39 is 5.91 Å². The highest BCUT2D eigenvalue weighted by atomic mass is 35.5. The molecule has 1 heterocycles. The van der Waals surface area contributed by atoms with Crippen LogP contribution in [0.15, 0.2) is 70.7 Å². The number of anilines is 1. The topological polar surface area (TPSA) is 83.1 Å². The second-order valence-corrected chi connectivity index (χ2v) is 6.37. The van der Waals surface area contributed by atoms with E-state index in [1.54, 1.807) is 48.5 Å². The molecule has 0 radical (unpaired) electrons. The Morgan fingerprint density at radius 3 is 2.46 bits per heavy atom. The number of amides is 1. The lowest BCUT2D eigenvalue weighted by Crippen LogP contribution is -2.15. The average molecular weight is 391 g/mol. The number of benzene rings is 2. The van der Waals surface area contributed by atoms with Gasteiger partial charge in [-0.3, -0.25) is 9.59 Å². The van der Waals surface area contributed by atoms with Gasteiger partial charge in [0, 0.05) is 22.2 Å². The molecule has 1 N–H and O–H groups in total. The van der Waals surface area contributed by atoms with Gasteiger partial charge in [-0.1, -0.05) is 23.7 Å². The van der Waals surface area contributed by atoms with Crippen LogP contribution in [0.4, 0.5) is 5.69 Å². The van der Waals surface area contributed by atoms with Crippen LogP contribution >= 0.6 is 11.6 Å². The molecule has 0 spiro atoms. The Kier molecular flexibility index (Phi) is 5.73. The first kappa shape index (κ1) is 19.2. The summed E-state index contributed by atoms with van der Waals surface area (Å²) in [4.78, 5) is 24.2. The van der Waals surface area contributed by atoms with Gasteiger partial charge in [0.15, 0.2) is 5.78 Å². The Hall–Kier alpha value is -3.62. The van der Waals surface area contributed by atoms with Crippen LogP contribution in [-0.2, 0) is 4.79 Å². The quantitative estimate of drug-likeness (QED) is 0.361. The number of nitrogens with zero attached hydrogens (tertiary/aromatic N) is 1. The Balaban J connectivity index is 1.83. The zero-order valence-corrected chi connectivity index (χ0v) is 15.7. The van der Waals surface area contributed by atoms with Gasteiger partial charge in [0.1, 0.15) is 23.2 Å². The maximum Gasteiger partial charge on any atom is 0.266 e. The minimum Gasteiger partial charge on any atom is -0.457 e. The van der Waals surface area contributed by atoms with E-state index in [0.29, 0.717) is 27.8 Å². The highest BCUT2D eigenvalue weighted by molar-refractivity contribution is 6.30. The van der Waals surface area contributed by atoms with Crippen LogP contribution in [0.3, 0.4) is 0 Å². The lowest BCUT2D eigenvalue weighted by Gasteiger charge is -2.08. The summed E-state index contributed by atoms with van der Waals surface area (Å²) >= 11 is 5.88. The van der Waals surface area contributed by atoms with E-state index in [2.05, 4.69) is 5.32 Å². The Morgan fingerprint density at radius 2 is 1.79 bits per heavy atom. The number of rotatable bonds is 5. The predicted octanol–water partition coefficient (Wildman–Crippen LogP) is 5.35. The molecule has 0 fully saturated rings. The third-order valence-corrected chi connectivity index (χ3v) is 4.21. The molecule has 138 valence electrons. The number of halogens is 1. The van der Waals surface area contributed by atoms with Crippen LogP contribution in [0.5, 0.6) is 0 Å². The SMILES string of the molecule is CC(=O)c1ccccc1NC(=O)/C(C#N)=C\c1ccc(-c2ccc(Cl)cc2)o1. The maximum absolute atomic E-state index is 12.5. The molecule has 1 amide bonds. The zero-order valence-electron chi connectivity index (χ0n) is 14.9. The van der Waals surface area contributed by atoms with Gasteiger partial charge in [0.05, 0.1) is 5.69 Å². The van der Waals surface area contributed by atoms with Crippen LogP contribution in [0, 0.1) is 11.3 Å². The molecular weight excluding hydrogens is 376 g/mol. The summed E-state index contributed by atoms with van der Waals surface area (Å²) in [6, 6.07) is 19.0. The van der Waals surface area contributed by atoms with Crippen LogP contribution in [0.1, 0.15) is 23.0 Å². The molecule has 2 aromatic carbocycles. The molecule has 0 aliphatic rings. The number of nitriles is 1. The number of carbonyl (C=O) groups excluding carboxylic acids is 2. The number of carbonyl (C=O) groups is 2. The van der Waals surface area contributed by atoms with Gasteiger partial charge < -0.3 is 9.73 Å². The van der Waals surface area contributed by atoms with Gasteiger partial charge in [-0.25, -0.2) is 0 Å². The first-order chi connectivity index (χ1) is 13.5. The van der Waals surface area contributed by atoms with E-state index in [0.717, 1.165) is 5.56 Å². The number of furan rings is 1. The molecule has 6 heteroatoms. The zero-order chi connectivity index (χ0) is 20.1. The van der Waals surface area contributed by atoms with Gasteiger partial charge in [-0.2, -0.15) is 5.26 Å². The number of hydrogen-bond acceptors (Lipinski definition) is 4. The van der Waals surface area contributed by atoms with Crippen molar-refractivity contribution in [2.45, 2.75) is 6.92 Å². The van der Waals surface area contributed by atoms with E-state index in [1.165, 1.54) is 13.0 Å². The van der Waals surface area contributed by atoms with E-state index in [4.69, 9.17) is 16.0 Å². The number of para-hydroxylation sites is 1. The predicted molar refractivity (Wildman–Crippen MR) is 108 cm³/mol. The molecule has 0 saturated heterocycles. The van der Waals surface area contributed by atoms with Crippen LogP contribution in [0.25, 0.3) is 17.4 Å². The van der Waals surface area contributed by atoms with Crippen molar-refractivity contribution >= 4 is 35.1 Å². The molecule has 0 aliphatic carbocycles. The summed E-state index contributed by atoms with van der Waals surface area (Å²) in [7, 11) is 0. The molecule has 0 unspecified atom stereocenters. The van der Waals surface area contributed by atoms with E-state index >= 15 is 0 Å². The maximum atomic E-state index is 12.5. The van der Waals surface area contributed by atoms with Crippen molar-refractivity contribution in [3.8, 4) is 17.4 Å². The summed E-state index contributed by atoms with van der Waals surface area (Å²) < 4.78 is 5.70. The molecular formula is C22H15ClN2O3. The summed E-state index contributed by atoms with van der Waals surface area (Å²) in [5.74, 6) is 0.136. The summed E-state index contributed by atoms with van der Waals surface area (Å²) in [5.41, 5.74) is 1.40. The average Bonchev–Trinajstić information content (AvgIpc) is 3.15. The highest BCUT2D eigenvalue weighted by Crippen LogP contribution is 2.25. The second-order valence-electron chi connectivity index (χ2n) is 5.93. The van der Waals surface area contributed by atoms with Crippen LogP contribution < -0.4 is 5.32 Å². The van der Waals surface area contributed by atoms with Crippen molar-refractivity contribution in [2.24, 2.45) is 0 Å². The molecule has 0 atom stereocenters. The van der Waals surface area contributed by atoms with E-state index in [-0.39, 0.29) is 11.4 Å². The van der Waals surface area contributed by atoms with Crippen LogP contribution in [-0.4, -0.2) is 11.7 Å². The fraction of sp³-hybridized carbons (Fsp3) is 0.0455. The van der Waals surface area contributed by atoms with E-state index in [1.807, 2.05) is 18.2 Å². The fourth-order valence-corrected chi connectivity index (χ4v) is 2.71. The minimum atomic E-state index is -0.624. The second kappa shape index (κ2) is 8.38. The summed E-state index contributed by atoms with van der Waals surface area (Å²) in [5, 5.41) is 12.6. The molecule has 0 aliphatic heterocycles. The van der Waals surface area contributed by atoms with Crippen molar-refractivity contribution in [3.63, 3.8) is 0 Å². The third-order valence-electron chi connectivity index (χ3n) is 3.96. The van der Waals surface area contributed by atoms with Crippen molar-refractivity contribution in [1.82, 2.24) is 0 Å². The summed E-state index contributed by atoms with van der Waals surface area (Å²) in [6.07, 6.45) is 1.35. The first-order valence-corrected chi connectivity index (χ1v) is 8.74. The van der Waals surface area contributed by atoms with Gasteiger partial charge in [0.2, 0.25) is 0 Å². The standard InChI is InChI=1S/C22H15ClN2O3/c1-14(26)19-4-2-3-5-20(19)25-22(27)16(13-24)12-18-10-11-21(28-18)15-6-8-17(23)9-7-15/h2-12H,1H3,(H,25,27)/b16-12-. The smallest absolute Gasteiger partial charge is 0.266 e. The monoisotopic (exact) mass is 390 g/mol. The lowest BCUT2D eigenvalue weighted by atomic mass is 10.1. The number of hydrogen-bond donors (Lipinski definition) is 1. The van der Waals surface area contributed by atoms with Gasteiger partial charge in [-0.15, -0.1) is 0 Å². The summed E-state index contributed by atoms with van der Waals surface area (Å²) in [6.45, 7) is 1.41. The number of nitrogens with one attached hydrogen (secondary N) is 1. The normalized spacial score (nSPS) is 11.0. The molecule has 3 aromatic rings. The van der Waals surface area contributed by atoms with Gasteiger partial charge in [-0.05, 0) is 55.5 Å². The third kappa shape index (κ3) is 4.37. The van der Waals surface area contributed by atoms with Crippen molar-refractivity contribution in [2.75, 3.05) is 5.32 Å². The Bertz CT molecular complexity index is 1110. The largest absolute Gasteiger partial charge is 0.457 e. The first-order valence-electron chi connectivity index (χ1n) is 8.37. The van der Waals surface area contributed by atoms with Crippen molar-refractivity contribution < 1.29 is 14.0 Å². The van der Waals surface area contributed by atoms with E-state index in [9.17, 15) is 14.9 Å². The van der Waals surface area contributed by atoms with Crippen molar-refractivity contribution in [3.05, 3.63) is 82.6 Å². The van der Waals surface area contributed by atoms with Gasteiger partial charge >= 0.3 is 0 Å². The molecule has 1 aromatic heterocycles. The minimum absolute atomic E-state index is 0.143. The molecule has 5 nitrogen and oxygen atoms in total. The molecule has 0 saturated carbocycles. The molecule has 0 bridgehead atoms. The van der Waals surface area contributed by atoms with Crippen molar-refractivity contribution in [1.29, 1.82) is 5.26 Å². The highest BCUT2D eigenvalue weighted by Gasteiger charge is 2.14. The number of Topliss-reactive ketones (excluding diaryl/α,β-unsaturated/α-hetero) is 1. The lowest BCUT2D eigenvalue weighted by molar-refractivity contribution is -0.112. The Morgan fingerprint density at radius 1 is 1.07 bits per heavy atom.